The van der Waals surface area contributed by atoms with Crippen molar-refractivity contribution in [1.82, 2.24) is 5.32 Å². The van der Waals surface area contributed by atoms with Crippen LogP contribution in [0.2, 0.25) is 0 Å². The molecule has 7 nitrogen and oxygen atoms in total. The minimum Gasteiger partial charge on any atom is -0.452 e. The highest BCUT2D eigenvalue weighted by Gasteiger charge is 2.21. The molecule has 0 aliphatic heterocycles. The second-order valence-electron chi connectivity index (χ2n) is 6.02. The highest BCUT2D eigenvalue weighted by atomic mass is 32.2. The van der Waals surface area contributed by atoms with E-state index < -0.39 is 28.5 Å². The summed E-state index contributed by atoms with van der Waals surface area (Å²) in [6, 6.07) is 15.3. The van der Waals surface area contributed by atoms with Gasteiger partial charge in [-0.3, -0.25) is 9.10 Å². The standard InChI is InChI=1S/C19H22N2O5S/c1-14(15-9-5-4-6-10-15)20-18(22)13-26-19(23)16-11-7-8-12-17(16)21(2)27(3,24)25/h4-12,14H,13H2,1-3H3,(H,20,22). The van der Waals surface area contributed by atoms with E-state index >= 15 is 0 Å². The number of anilines is 1. The van der Waals surface area contributed by atoms with Crippen LogP contribution in [0.15, 0.2) is 54.6 Å². The van der Waals surface area contributed by atoms with Crippen LogP contribution in [-0.4, -0.2) is 40.2 Å². The molecule has 1 N–H and O–H groups in total. The molecule has 1 amide bonds. The predicted octanol–water partition coefficient (Wildman–Crippen LogP) is 2.12. The molecule has 27 heavy (non-hydrogen) atoms. The average molecular weight is 390 g/mol. The van der Waals surface area contributed by atoms with Crippen LogP contribution in [0.4, 0.5) is 5.69 Å². The summed E-state index contributed by atoms with van der Waals surface area (Å²) in [4.78, 5) is 24.4. The molecule has 0 aliphatic rings. The maximum atomic E-state index is 12.3. The zero-order valence-electron chi connectivity index (χ0n) is 15.4. The molecule has 0 spiro atoms. The van der Waals surface area contributed by atoms with Crippen LogP contribution < -0.4 is 9.62 Å². The number of sulfonamides is 1. The molecule has 2 aromatic carbocycles. The predicted molar refractivity (Wildman–Crippen MR) is 103 cm³/mol. The fraction of sp³-hybridized carbons (Fsp3) is 0.263. The van der Waals surface area contributed by atoms with Crippen molar-refractivity contribution in [2.75, 3.05) is 24.2 Å². The molecule has 0 fully saturated rings. The quantitative estimate of drug-likeness (QED) is 0.731. The van der Waals surface area contributed by atoms with Gasteiger partial charge in [0.25, 0.3) is 5.91 Å². The number of hydrogen-bond acceptors (Lipinski definition) is 5. The van der Waals surface area contributed by atoms with Crippen LogP contribution >= 0.6 is 0 Å². The summed E-state index contributed by atoms with van der Waals surface area (Å²) in [5.41, 5.74) is 1.18. The van der Waals surface area contributed by atoms with Crippen molar-refractivity contribution in [3.63, 3.8) is 0 Å². The number of esters is 1. The Kier molecular flexibility index (Phi) is 6.57. The molecule has 144 valence electrons. The number of para-hydroxylation sites is 1. The summed E-state index contributed by atoms with van der Waals surface area (Å²) in [7, 11) is -2.20. The molecule has 2 aromatic rings. The van der Waals surface area contributed by atoms with Gasteiger partial charge < -0.3 is 10.1 Å². The Hall–Kier alpha value is -2.87. The lowest BCUT2D eigenvalue weighted by atomic mass is 10.1. The summed E-state index contributed by atoms with van der Waals surface area (Å²) >= 11 is 0. The van der Waals surface area contributed by atoms with Gasteiger partial charge in [-0.15, -0.1) is 0 Å². The summed E-state index contributed by atoms with van der Waals surface area (Å²) in [6.07, 6.45) is 1.04. The number of amides is 1. The maximum absolute atomic E-state index is 12.3. The van der Waals surface area contributed by atoms with Gasteiger partial charge in [-0.1, -0.05) is 42.5 Å². The lowest BCUT2D eigenvalue weighted by Gasteiger charge is -2.19. The molecule has 0 bridgehead atoms. The van der Waals surface area contributed by atoms with Gasteiger partial charge in [0.2, 0.25) is 10.0 Å². The first-order valence-corrected chi connectivity index (χ1v) is 10.1. The molecular weight excluding hydrogens is 368 g/mol. The molecular formula is C19H22N2O5S. The SMILES string of the molecule is CC(NC(=O)COC(=O)c1ccccc1N(C)S(C)(=O)=O)c1ccccc1. The molecule has 2 rings (SSSR count). The highest BCUT2D eigenvalue weighted by molar-refractivity contribution is 7.92. The Bertz CT molecular complexity index is 913. The molecule has 0 aliphatic carbocycles. The molecule has 1 atom stereocenters. The Morgan fingerprint density at radius 1 is 1.07 bits per heavy atom. The molecule has 8 heteroatoms. The van der Waals surface area contributed by atoms with E-state index in [9.17, 15) is 18.0 Å². The number of rotatable bonds is 7. The largest absolute Gasteiger partial charge is 0.452 e. The third-order valence-corrected chi connectivity index (χ3v) is 5.16. The van der Waals surface area contributed by atoms with Gasteiger partial charge in [0.15, 0.2) is 6.61 Å². The lowest BCUT2D eigenvalue weighted by molar-refractivity contribution is -0.124. The number of benzene rings is 2. The number of ether oxygens (including phenoxy) is 1. The van der Waals surface area contributed by atoms with E-state index in [1.807, 2.05) is 37.3 Å². The van der Waals surface area contributed by atoms with E-state index in [0.29, 0.717) is 0 Å². The first kappa shape index (κ1) is 20.4. The van der Waals surface area contributed by atoms with E-state index in [0.717, 1.165) is 16.1 Å². The van der Waals surface area contributed by atoms with Crippen LogP contribution in [0.1, 0.15) is 28.9 Å². The molecule has 0 saturated heterocycles. The maximum Gasteiger partial charge on any atom is 0.340 e. The third-order valence-electron chi connectivity index (χ3n) is 3.97. The smallest absolute Gasteiger partial charge is 0.340 e. The van der Waals surface area contributed by atoms with Crippen molar-refractivity contribution < 1.29 is 22.7 Å². The van der Waals surface area contributed by atoms with Gasteiger partial charge in [0.05, 0.1) is 23.5 Å². The normalized spacial score (nSPS) is 12.1. The second kappa shape index (κ2) is 8.68. The van der Waals surface area contributed by atoms with Crippen molar-refractivity contribution in [3.8, 4) is 0 Å². The zero-order chi connectivity index (χ0) is 20.0. The molecule has 0 aromatic heterocycles. The van der Waals surface area contributed by atoms with Crippen LogP contribution in [0, 0.1) is 0 Å². The Balaban J connectivity index is 2.01. The van der Waals surface area contributed by atoms with E-state index in [1.54, 1.807) is 12.1 Å². The Labute approximate surface area is 159 Å². The third kappa shape index (κ3) is 5.55. The summed E-state index contributed by atoms with van der Waals surface area (Å²) in [5.74, 6) is -1.22. The minimum absolute atomic E-state index is 0.0642. The van der Waals surface area contributed by atoms with Gasteiger partial charge in [0.1, 0.15) is 0 Å². The van der Waals surface area contributed by atoms with Gasteiger partial charge in [-0.25, -0.2) is 13.2 Å². The van der Waals surface area contributed by atoms with E-state index in [4.69, 9.17) is 4.74 Å². The number of nitrogens with one attached hydrogen (secondary N) is 1. The van der Waals surface area contributed by atoms with Crippen molar-refractivity contribution in [2.45, 2.75) is 13.0 Å². The van der Waals surface area contributed by atoms with Gasteiger partial charge in [0, 0.05) is 7.05 Å². The van der Waals surface area contributed by atoms with Crippen molar-refractivity contribution in [3.05, 3.63) is 65.7 Å². The Morgan fingerprint density at radius 3 is 2.30 bits per heavy atom. The van der Waals surface area contributed by atoms with E-state index in [1.165, 1.54) is 19.2 Å². The first-order chi connectivity index (χ1) is 12.7. The molecule has 1 unspecified atom stereocenters. The van der Waals surface area contributed by atoms with Crippen molar-refractivity contribution in [2.24, 2.45) is 0 Å². The second-order valence-corrected chi connectivity index (χ2v) is 8.04. The monoisotopic (exact) mass is 390 g/mol. The van der Waals surface area contributed by atoms with Crippen molar-refractivity contribution >= 4 is 27.6 Å². The summed E-state index contributed by atoms with van der Waals surface area (Å²) in [5, 5.41) is 2.74. The van der Waals surface area contributed by atoms with E-state index in [-0.39, 0.29) is 17.3 Å². The van der Waals surface area contributed by atoms with E-state index in [2.05, 4.69) is 5.32 Å². The summed E-state index contributed by atoms with van der Waals surface area (Å²) < 4.78 is 29.5. The zero-order valence-corrected chi connectivity index (χ0v) is 16.2. The number of carbonyl (C=O) groups is 2. The molecule has 0 saturated carbocycles. The molecule has 0 heterocycles. The fourth-order valence-electron chi connectivity index (χ4n) is 2.42. The minimum atomic E-state index is -3.54. The Morgan fingerprint density at radius 2 is 1.67 bits per heavy atom. The summed E-state index contributed by atoms with van der Waals surface area (Å²) in [6.45, 7) is 1.36. The van der Waals surface area contributed by atoms with Crippen LogP contribution in [0.5, 0.6) is 0 Å². The van der Waals surface area contributed by atoms with Gasteiger partial charge >= 0.3 is 5.97 Å². The highest BCUT2D eigenvalue weighted by Crippen LogP contribution is 2.22. The fourth-order valence-corrected chi connectivity index (χ4v) is 2.93. The number of hydrogen-bond donors (Lipinski definition) is 1. The van der Waals surface area contributed by atoms with Crippen LogP contribution in [-0.2, 0) is 19.6 Å². The van der Waals surface area contributed by atoms with Crippen LogP contribution in [0.3, 0.4) is 0 Å². The number of carbonyl (C=O) groups excluding carboxylic acids is 2. The first-order valence-electron chi connectivity index (χ1n) is 8.24. The molecule has 0 radical (unpaired) electrons. The van der Waals surface area contributed by atoms with Gasteiger partial charge in [-0.2, -0.15) is 0 Å². The topological polar surface area (TPSA) is 92.8 Å². The van der Waals surface area contributed by atoms with Crippen LogP contribution in [0.25, 0.3) is 0 Å². The number of nitrogens with zero attached hydrogens (tertiary/aromatic N) is 1. The lowest BCUT2D eigenvalue weighted by Crippen LogP contribution is -2.31. The van der Waals surface area contributed by atoms with Gasteiger partial charge in [-0.05, 0) is 24.6 Å². The average Bonchev–Trinajstić information content (AvgIpc) is 2.65. The van der Waals surface area contributed by atoms with Crippen molar-refractivity contribution in [1.29, 1.82) is 0 Å².